The second-order valence-corrected chi connectivity index (χ2v) is 3.18. The van der Waals surface area contributed by atoms with Crippen LogP contribution in [0.4, 0.5) is 0 Å². The number of unbranched alkanes of at least 4 members (excludes halogenated alkanes) is 1. The third kappa shape index (κ3) is 10.2. The number of halogens is 2. The SMILES string of the molecule is CCCCN(C)CCC(=O)Cl.Cl. The fourth-order valence-electron chi connectivity index (χ4n) is 0.819. The fourth-order valence-corrected chi connectivity index (χ4v) is 0.903. The number of hydrogen-bond donors (Lipinski definition) is 0. The number of nitrogens with zero attached hydrogens (tertiary/aromatic N) is 1. The molecule has 0 rings (SSSR count). The second-order valence-electron chi connectivity index (χ2n) is 2.76. The third-order valence-electron chi connectivity index (χ3n) is 1.58. The van der Waals surface area contributed by atoms with Crippen molar-refractivity contribution in [2.45, 2.75) is 26.2 Å². The molecule has 0 heterocycles. The van der Waals surface area contributed by atoms with Crippen molar-refractivity contribution in [2.75, 3.05) is 20.1 Å². The molecule has 0 atom stereocenters. The molecular formula is C8H17Cl2NO. The topological polar surface area (TPSA) is 20.3 Å². The van der Waals surface area contributed by atoms with Crippen molar-refractivity contribution in [1.82, 2.24) is 4.90 Å². The Kier molecular flexibility index (Phi) is 11.4. The smallest absolute Gasteiger partial charge is 0.222 e. The molecule has 0 radical (unpaired) electrons. The van der Waals surface area contributed by atoms with E-state index < -0.39 is 0 Å². The van der Waals surface area contributed by atoms with Gasteiger partial charge in [-0.1, -0.05) is 13.3 Å². The van der Waals surface area contributed by atoms with Crippen molar-refractivity contribution in [3.63, 3.8) is 0 Å². The lowest BCUT2D eigenvalue weighted by Crippen LogP contribution is -2.21. The molecule has 12 heavy (non-hydrogen) atoms. The predicted molar refractivity (Wildman–Crippen MR) is 55.1 cm³/mol. The minimum absolute atomic E-state index is 0. The van der Waals surface area contributed by atoms with Crippen molar-refractivity contribution in [3.05, 3.63) is 0 Å². The fraction of sp³-hybridized carbons (Fsp3) is 0.875. The molecule has 0 bridgehead atoms. The molecule has 0 aliphatic carbocycles. The minimum atomic E-state index is -0.242. The maximum atomic E-state index is 10.4. The largest absolute Gasteiger partial charge is 0.306 e. The lowest BCUT2D eigenvalue weighted by Gasteiger charge is -2.13. The number of hydrogen-bond acceptors (Lipinski definition) is 2. The molecule has 4 heteroatoms. The average molecular weight is 214 g/mol. The van der Waals surface area contributed by atoms with Crippen LogP contribution in [0.1, 0.15) is 26.2 Å². The van der Waals surface area contributed by atoms with Crippen LogP contribution in [0.5, 0.6) is 0 Å². The molecule has 0 fully saturated rings. The lowest BCUT2D eigenvalue weighted by atomic mass is 10.3. The van der Waals surface area contributed by atoms with Gasteiger partial charge in [0.15, 0.2) is 0 Å². The molecule has 0 N–H and O–H groups in total. The van der Waals surface area contributed by atoms with E-state index >= 15 is 0 Å². The Labute approximate surface area is 85.7 Å². The third-order valence-corrected chi connectivity index (χ3v) is 1.77. The monoisotopic (exact) mass is 213 g/mol. The Balaban J connectivity index is 0. The highest BCUT2D eigenvalue weighted by molar-refractivity contribution is 6.63. The molecule has 0 spiro atoms. The van der Waals surface area contributed by atoms with E-state index in [0.29, 0.717) is 6.42 Å². The number of carbonyl (C=O) groups is 1. The van der Waals surface area contributed by atoms with Crippen LogP contribution < -0.4 is 0 Å². The van der Waals surface area contributed by atoms with Crippen LogP contribution in [0.15, 0.2) is 0 Å². The summed E-state index contributed by atoms with van der Waals surface area (Å²) < 4.78 is 0. The molecule has 0 aliphatic rings. The molecule has 0 unspecified atom stereocenters. The second kappa shape index (κ2) is 9.30. The van der Waals surface area contributed by atoms with Crippen molar-refractivity contribution in [1.29, 1.82) is 0 Å². The van der Waals surface area contributed by atoms with Gasteiger partial charge in [0.2, 0.25) is 5.24 Å². The van der Waals surface area contributed by atoms with E-state index in [9.17, 15) is 4.79 Å². The predicted octanol–water partition coefficient (Wildman–Crippen LogP) is 2.30. The van der Waals surface area contributed by atoms with Crippen molar-refractivity contribution < 1.29 is 4.79 Å². The summed E-state index contributed by atoms with van der Waals surface area (Å²) >= 11 is 5.19. The molecular weight excluding hydrogens is 197 g/mol. The molecule has 0 aromatic heterocycles. The minimum Gasteiger partial charge on any atom is -0.306 e. The summed E-state index contributed by atoms with van der Waals surface area (Å²) in [4.78, 5) is 12.5. The Hall–Kier alpha value is 0.210. The van der Waals surface area contributed by atoms with E-state index in [2.05, 4.69) is 11.8 Å². The first kappa shape index (κ1) is 14.7. The van der Waals surface area contributed by atoms with Crippen LogP contribution in [-0.4, -0.2) is 30.3 Å². The molecule has 2 nitrogen and oxygen atoms in total. The molecule has 0 amide bonds. The van der Waals surface area contributed by atoms with E-state index in [0.717, 1.165) is 13.1 Å². The first-order chi connectivity index (χ1) is 5.16. The van der Waals surface area contributed by atoms with Gasteiger partial charge in [-0.3, -0.25) is 4.79 Å². The summed E-state index contributed by atoms with van der Waals surface area (Å²) in [5, 5.41) is -0.242. The van der Waals surface area contributed by atoms with Gasteiger partial charge in [-0.2, -0.15) is 0 Å². The normalized spacial score (nSPS) is 9.67. The highest BCUT2D eigenvalue weighted by Gasteiger charge is 2.00. The summed E-state index contributed by atoms with van der Waals surface area (Å²) in [6, 6.07) is 0. The van der Waals surface area contributed by atoms with Gasteiger partial charge in [0.05, 0.1) is 0 Å². The van der Waals surface area contributed by atoms with E-state index in [1.165, 1.54) is 12.8 Å². The molecule has 0 aliphatic heterocycles. The maximum absolute atomic E-state index is 10.4. The van der Waals surface area contributed by atoms with E-state index in [1.807, 2.05) is 7.05 Å². The summed E-state index contributed by atoms with van der Waals surface area (Å²) in [5.74, 6) is 0. The van der Waals surface area contributed by atoms with E-state index in [4.69, 9.17) is 11.6 Å². The van der Waals surface area contributed by atoms with Crippen molar-refractivity contribution in [2.24, 2.45) is 0 Å². The first-order valence-electron chi connectivity index (χ1n) is 4.03. The molecule has 0 saturated heterocycles. The first-order valence-corrected chi connectivity index (χ1v) is 4.41. The van der Waals surface area contributed by atoms with Crippen molar-refractivity contribution >= 4 is 29.3 Å². The van der Waals surface area contributed by atoms with Gasteiger partial charge in [0.1, 0.15) is 0 Å². The van der Waals surface area contributed by atoms with Crippen LogP contribution in [0.25, 0.3) is 0 Å². The Morgan fingerprint density at radius 2 is 2.00 bits per heavy atom. The summed E-state index contributed by atoms with van der Waals surface area (Å²) in [5.41, 5.74) is 0. The van der Waals surface area contributed by atoms with Gasteiger partial charge in [0.25, 0.3) is 0 Å². The van der Waals surface area contributed by atoms with Crippen LogP contribution in [0.3, 0.4) is 0 Å². The van der Waals surface area contributed by atoms with Gasteiger partial charge in [-0.05, 0) is 31.6 Å². The zero-order chi connectivity index (χ0) is 8.69. The molecule has 0 saturated carbocycles. The maximum Gasteiger partial charge on any atom is 0.222 e. The highest BCUT2D eigenvalue weighted by atomic mass is 35.5. The van der Waals surface area contributed by atoms with Gasteiger partial charge in [-0.15, -0.1) is 12.4 Å². The summed E-state index contributed by atoms with van der Waals surface area (Å²) in [7, 11) is 2.01. The Bertz CT molecular complexity index is 120. The van der Waals surface area contributed by atoms with Crippen LogP contribution >= 0.6 is 24.0 Å². The Morgan fingerprint density at radius 3 is 2.42 bits per heavy atom. The zero-order valence-electron chi connectivity index (χ0n) is 7.68. The van der Waals surface area contributed by atoms with Gasteiger partial charge >= 0.3 is 0 Å². The van der Waals surface area contributed by atoms with Crippen molar-refractivity contribution in [3.8, 4) is 0 Å². The van der Waals surface area contributed by atoms with E-state index in [1.54, 1.807) is 0 Å². The quantitative estimate of drug-likeness (QED) is 0.632. The van der Waals surface area contributed by atoms with Gasteiger partial charge in [0, 0.05) is 13.0 Å². The number of carbonyl (C=O) groups excluding carboxylic acids is 1. The summed E-state index contributed by atoms with van der Waals surface area (Å²) in [6.07, 6.45) is 2.84. The van der Waals surface area contributed by atoms with E-state index in [-0.39, 0.29) is 17.6 Å². The number of rotatable bonds is 6. The molecule has 0 aromatic rings. The molecule has 74 valence electrons. The van der Waals surface area contributed by atoms with Gasteiger partial charge < -0.3 is 4.90 Å². The van der Waals surface area contributed by atoms with Crippen LogP contribution in [0, 0.1) is 0 Å². The Morgan fingerprint density at radius 1 is 1.42 bits per heavy atom. The van der Waals surface area contributed by atoms with Gasteiger partial charge in [-0.25, -0.2) is 0 Å². The van der Waals surface area contributed by atoms with Crippen LogP contribution in [0.2, 0.25) is 0 Å². The lowest BCUT2D eigenvalue weighted by molar-refractivity contribution is -0.111. The zero-order valence-corrected chi connectivity index (χ0v) is 9.25. The van der Waals surface area contributed by atoms with Crippen LogP contribution in [-0.2, 0) is 4.79 Å². The standard InChI is InChI=1S/C8H16ClNO.ClH/c1-3-4-6-10(2)7-5-8(9)11;/h3-7H2,1-2H3;1H. The summed E-state index contributed by atoms with van der Waals surface area (Å²) in [6.45, 7) is 3.99. The highest BCUT2D eigenvalue weighted by Crippen LogP contribution is 1.95. The average Bonchev–Trinajstić information content (AvgIpc) is 1.97. The molecule has 0 aromatic carbocycles.